The highest BCUT2D eigenvalue weighted by Gasteiger charge is 2.19. The number of carbonyl (C=O) groups is 3. The average Bonchev–Trinajstić information content (AvgIpc) is 3.46. The van der Waals surface area contributed by atoms with Gasteiger partial charge in [-0.25, -0.2) is 0 Å². The highest BCUT2D eigenvalue weighted by molar-refractivity contribution is 5.71. The van der Waals surface area contributed by atoms with Gasteiger partial charge in [-0.1, -0.05) is 317 Å². The molecular weight excluding hydrogens is 985 g/mol. The highest BCUT2D eigenvalue weighted by atomic mass is 16.6. The topological polar surface area (TPSA) is 78.9 Å². The van der Waals surface area contributed by atoms with E-state index in [4.69, 9.17) is 14.2 Å². The van der Waals surface area contributed by atoms with Crippen molar-refractivity contribution in [1.29, 1.82) is 0 Å². The molecular formula is C74H128O6. The van der Waals surface area contributed by atoms with Crippen LogP contribution in [0.5, 0.6) is 0 Å². The first kappa shape index (κ1) is 76.3. The van der Waals surface area contributed by atoms with Gasteiger partial charge in [-0.15, -0.1) is 0 Å². The van der Waals surface area contributed by atoms with Gasteiger partial charge >= 0.3 is 17.9 Å². The fourth-order valence-electron chi connectivity index (χ4n) is 9.78. The Labute approximate surface area is 496 Å². The molecule has 0 heterocycles. The number of allylic oxidation sites excluding steroid dienone is 16. The van der Waals surface area contributed by atoms with Crippen molar-refractivity contribution in [2.45, 2.75) is 341 Å². The molecule has 0 N–H and O–H groups in total. The summed E-state index contributed by atoms with van der Waals surface area (Å²) in [5, 5.41) is 0. The van der Waals surface area contributed by atoms with Gasteiger partial charge in [0.15, 0.2) is 6.10 Å². The molecule has 460 valence electrons. The summed E-state index contributed by atoms with van der Waals surface area (Å²) in [7, 11) is 0. The van der Waals surface area contributed by atoms with Crippen LogP contribution in [0.3, 0.4) is 0 Å². The summed E-state index contributed by atoms with van der Waals surface area (Å²) in [5.41, 5.74) is 0. The molecule has 0 aliphatic carbocycles. The molecule has 0 aromatic carbocycles. The lowest BCUT2D eigenvalue weighted by Crippen LogP contribution is -2.30. The van der Waals surface area contributed by atoms with E-state index >= 15 is 0 Å². The number of rotatable bonds is 62. The molecule has 0 amide bonds. The molecule has 1 atom stereocenters. The lowest BCUT2D eigenvalue weighted by molar-refractivity contribution is -0.167. The third-order valence-electron chi connectivity index (χ3n) is 14.8. The molecule has 6 heteroatoms. The zero-order chi connectivity index (χ0) is 57.8. The number of ether oxygens (including phenoxy) is 3. The molecule has 0 rings (SSSR count). The second kappa shape index (κ2) is 67.8. The maximum atomic E-state index is 12.9. The molecule has 0 saturated heterocycles. The smallest absolute Gasteiger partial charge is 0.306 e. The van der Waals surface area contributed by atoms with Crippen LogP contribution in [-0.2, 0) is 28.6 Å². The number of unbranched alkanes of at least 4 members (excludes halogenated alkanes) is 35. The molecule has 0 aliphatic rings. The van der Waals surface area contributed by atoms with Crippen molar-refractivity contribution in [2.24, 2.45) is 0 Å². The van der Waals surface area contributed by atoms with E-state index in [0.717, 1.165) is 135 Å². The van der Waals surface area contributed by atoms with E-state index in [-0.39, 0.29) is 31.1 Å². The van der Waals surface area contributed by atoms with Crippen LogP contribution >= 0.6 is 0 Å². The van der Waals surface area contributed by atoms with E-state index in [1.54, 1.807) is 0 Å². The van der Waals surface area contributed by atoms with Crippen LogP contribution in [0.15, 0.2) is 97.2 Å². The summed E-state index contributed by atoms with van der Waals surface area (Å²) < 4.78 is 16.9. The molecule has 0 aromatic rings. The zero-order valence-corrected chi connectivity index (χ0v) is 52.8. The lowest BCUT2D eigenvalue weighted by Gasteiger charge is -2.18. The summed E-state index contributed by atoms with van der Waals surface area (Å²) in [4.78, 5) is 38.4. The van der Waals surface area contributed by atoms with Crippen LogP contribution in [0.25, 0.3) is 0 Å². The Balaban J connectivity index is 4.31. The highest BCUT2D eigenvalue weighted by Crippen LogP contribution is 2.18. The van der Waals surface area contributed by atoms with E-state index in [2.05, 4.69) is 118 Å². The van der Waals surface area contributed by atoms with Crippen molar-refractivity contribution in [3.63, 3.8) is 0 Å². The van der Waals surface area contributed by atoms with Gasteiger partial charge in [0, 0.05) is 19.3 Å². The van der Waals surface area contributed by atoms with E-state index in [9.17, 15) is 14.4 Å². The summed E-state index contributed by atoms with van der Waals surface area (Å²) in [6, 6.07) is 0. The Kier molecular flexibility index (Phi) is 64.7. The number of hydrogen-bond donors (Lipinski definition) is 0. The monoisotopic (exact) mass is 1110 g/mol. The largest absolute Gasteiger partial charge is 0.462 e. The number of carbonyl (C=O) groups excluding carboxylic acids is 3. The van der Waals surface area contributed by atoms with Crippen LogP contribution in [0.2, 0.25) is 0 Å². The Bertz CT molecular complexity index is 1560. The molecule has 6 nitrogen and oxygen atoms in total. The van der Waals surface area contributed by atoms with Crippen molar-refractivity contribution >= 4 is 17.9 Å². The Morgan fingerprint density at radius 3 is 0.762 bits per heavy atom. The average molecular weight is 1110 g/mol. The van der Waals surface area contributed by atoms with Gasteiger partial charge in [-0.05, 0) is 96.3 Å². The first-order chi connectivity index (χ1) is 39.5. The molecule has 0 aromatic heterocycles. The maximum absolute atomic E-state index is 12.9. The Hall–Kier alpha value is -3.67. The van der Waals surface area contributed by atoms with Gasteiger partial charge in [-0.2, -0.15) is 0 Å². The summed E-state index contributed by atoms with van der Waals surface area (Å²) in [6.07, 6.45) is 91.5. The van der Waals surface area contributed by atoms with Crippen molar-refractivity contribution in [2.75, 3.05) is 13.2 Å². The molecule has 0 radical (unpaired) electrons. The van der Waals surface area contributed by atoms with E-state index in [1.165, 1.54) is 161 Å². The second-order valence-electron chi connectivity index (χ2n) is 22.7. The SMILES string of the molecule is CC/C=C\C/C=C\C/C=C\C/C=C\CCCCCCC(=O)OCC(COC(=O)CCCCCCCCCCCCCCCCCCCCCCCCCCCCCC)OC(=O)CCCCCC/C=C\C/C=C\C/C=C\C/C=C\CC. The Morgan fingerprint density at radius 2 is 0.487 bits per heavy atom. The molecule has 0 spiro atoms. The number of hydrogen-bond acceptors (Lipinski definition) is 6. The lowest BCUT2D eigenvalue weighted by atomic mass is 10.0. The van der Waals surface area contributed by atoms with Crippen LogP contribution < -0.4 is 0 Å². The first-order valence-corrected chi connectivity index (χ1v) is 34.2. The Morgan fingerprint density at radius 1 is 0.263 bits per heavy atom. The van der Waals surface area contributed by atoms with Crippen LogP contribution in [-0.4, -0.2) is 37.2 Å². The quantitative estimate of drug-likeness (QED) is 0.0261. The van der Waals surface area contributed by atoms with Gasteiger partial charge in [0.05, 0.1) is 0 Å². The molecule has 0 aliphatic heterocycles. The third-order valence-corrected chi connectivity index (χ3v) is 14.8. The van der Waals surface area contributed by atoms with Gasteiger partial charge in [0.1, 0.15) is 13.2 Å². The molecule has 80 heavy (non-hydrogen) atoms. The normalized spacial score (nSPS) is 12.7. The molecule has 0 saturated carbocycles. The van der Waals surface area contributed by atoms with Gasteiger partial charge in [0.2, 0.25) is 0 Å². The predicted molar refractivity (Wildman–Crippen MR) is 348 cm³/mol. The number of esters is 3. The molecule has 0 bridgehead atoms. The summed E-state index contributed by atoms with van der Waals surface area (Å²) >= 11 is 0. The molecule has 1 unspecified atom stereocenters. The van der Waals surface area contributed by atoms with Gasteiger partial charge in [-0.3, -0.25) is 14.4 Å². The summed E-state index contributed by atoms with van der Waals surface area (Å²) in [5.74, 6) is -0.929. The third kappa shape index (κ3) is 65.1. The van der Waals surface area contributed by atoms with Crippen LogP contribution in [0.4, 0.5) is 0 Å². The van der Waals surface area contributed by atoms with Crippen LogP contribution in [0.1, 0.15) is 335 Å². The zero-order valence-electron chi connectivity index (χ0n) is 52.8. The standard InChI is InChI=1S/C74H128O6/c1-4-7-10-13-16-19-22-25-28-31-32-33-34-35-36-37-38-39-40-41-44-46-49-52-55-58-61-64-67-73(76)79-70-71(80-74(77)68-65-62-59-56-53-50-47-43-30-27-24-21-18-15-12-9-6-3)69-78-72(75)66-63-60-57-54-51-48-45-42-29-26-23-20-17-14-11-8-5-2/h8-9,11-12,17-18,20-21,26-27,29-30,45,47-48,50,71H,4-7,10,13-16,19,22-25,28,31-44,46,49,51-70H2,1-3H3/b11-8-,12-9-,20-17-,21-18-,29-26-,30-27-,48-45-,50-47-. The fraction of sp³-hybridized carbons (Fsp3) is 0.743. The second-order valence-corrected chi connectivity index (χ2v) is 22.7. The van der Waals surface area contributed by atoms with E-state index < -0.39 is 6.10 Å². The predicted octanol–water partition coefficient (Wildman–Crippen LogP) is 23.6. The maximum Gasteiger partial charge on any atom is 0.306 e. The van der Waals surface area contributed by atoms with Crippen molar-refractivity contribution < 1.29 is 28.6 Å². The minimum atomic E-state index is -0.803. The fourth-order valence-corrected chi connectivity index (χ4v) is 9.78. The minimum Gasteiger partial charge on any atom is -0.462 e. The van der Waals surface area contributed by atoms with Crippen molar-refractivity contribution in [3.8, 4) is 0 Å². The molecule has 0 fully saturated rings. The van der Waals surface area contributed by atoms with Gasteiger partial charge in [0.25, 0.3) is 0 Å². The first-order valence-electron chi connectivity index (χ1n) is 34.2. The van der Waals surface area contributed by atoms with Gasteiger partial charge < -0.3 is 14.2 Å². The van der Waals surface area contributed by atoms with Crippen LogP contribution in [0, 0.1) is 0 Å². The van der Waals surface area contributed by atoms with E-state index in [1.807, 2.05) is 0 Å². The van der Waals surface area contributed by atoms with Crippen molar-refractivity contribution in [3.05, 3.63) is 97.2 Å². The summed E-state index contributed by atoms with van der Waals surface area (Å²) in [6.45, 7) is 6.41. The van der Waals surface area contributed by atoms with Crippen molar-refractivity contribution in [1.82, 2.24) is 0 Å². The van der Waals surface area contributed by atoms with E-state index in [0.29, 0.717) is 19.3 Å². The minimum absolute atomic E-state index is 0.0937.